The number of hydrogen-bond acceptors (Lipinski definition) is 7. The minimum Gasteiger partial charge on any atom is -0.497 e. The Hall–Kier alpha value is -2.84. The molecule has 0 aliphatic heterocycles. The largest absolute Gasteiger partial charge is 0.497 e. The molecule has 0 aliphatic carbocycles. The highest BCUT2D eigenvalue weighted by Gasteiger charge is 2.15. The minimum absolute atomic E-state index is 0.126. The lowest BCUT2D eigenvalue weighted by Crippen LogP contribution is -2.28. The molecule has 7 nitrogen and oxygen atoms in total. The number of aromatic nitrogens is 2. The molecule has 0 fully saturated rings. The zero-order chi connectivity index (χ0) is 21.0. The van der Waals surface area contributed by atoms with Crippen LogP contribution in [-0.2, 0) is 17.0 Å². The molecule has 0 spiro atoms. The fourth-order valence-electron chi connectivity index (χ4n) is 2.89. The Balaban J connectivity index is 2.03. The molecule has 0 bridgehead atoms. The van der Waals surface area contributed by atoms with Crippen LogP contribution in [-0.4, -0.2) is 41.0 Å². The standard InChI is InChI=1S/C21H22N2O5S/c1-13(24)11-23-19(25)17-8-7-15(20(26)28-3)10-18(17)22-21(23)29-12-14-5-4-6-16(9-14)27-2/h4-10,13,24H,11-12H2,1-3H3/t13-/m1/s1. The monoisotopic (exact) mass is 414 g/mol. The number of esters is 1. The van der Waals surface area contributed by atoms with Gasteiger partial charge in [-0.1, -0.05) is 23.9 Å². The first-order valence-electron chi connectivity index (χ1n) is 8.99. The van der Waals surface area contributed by atoms with E-state index >= 15 is 0 Å². The Morgan fingerprint density at radius 3 is 2.72 bits per heavy atom. The van der Waals surface area contributed by atoms with E-state index in [1.807, 2.05) is 24.3 Å². The predicted octanol–water partition coefficient (Wildman–Crippen LogP) is 2.86. The summed E-state index contributed by atoms with van der Waals surface area (Å²) in [6, 6.07) is 12.3. The molecule has 0 aliphatic rings. The number of ether oxygens (including phenoxy) is 2. The number of hydrogen-bond donors (Lipinski definition) is 1. The summed E-state index contributed by atoms with van der Waals surface area (Å²) in [5.41, 5.74) is 1.48. The van der Waals surface area contributed by atoms with Gasteiger partial charge in [-0.15, -0.1) is 0 Å². The van der Waals surface area contributed by atoms with Crippen LogP contribution in [0.25, 0.3) is 10.9 Å². The van der Waals surface area contributed by atoms with E-state index in [0.717, 1.165) is 11.3 Å². The van der Waals surface area contributed by atoms with Crippen molar-refractivity contribution >= 4 is 28.6 Å². The lowest BCUT2D eigenvalue weighted by atomic mass is 10.1. The fraction of sp³-hybridized carbons (Fsp3) is 0.286. The van der Waals surface area contributed by atoms with E-state index in [1.54, 1.807) is 26.2 Å². The van der Waals surface area contributed by atoms with Crippen molar-refractivity contribution < 1.29 is 19.4 Å². The summed E-state index contributed by atoms with van der Waals surface area (Å²) in [5, 5.41) is 10.7. The van der Waals surface area contributed by atoms with Gasteiger partial charge >= 0.3 is 5.97 Å². The van der Waals surface area contributed by atoms with Crippen molar-refractivity contribution in [1.29, 1.82) is 0 Å². The number of carbonyl (C=O) groups is 1. The second-order valence-corrected chi connectivity index (χ2v) is 7.47. The molecule has 29 heavy (non-hydrogen) atoms. The van der Waals surface area contributed by atoms with Crippen molar-refractivity contribution in [3.05, 3.63) is 63.9 Å². The molecule has 3 rings (SSSR count). The highest BCUT2D eigenvalue weighted by molar-refractivity contribution is 7.98. The summed E-state index contributed by atoms with van der Waals surface area (Å²) < 4.78 is 11.5. The van der Waals surface area contributed by atoms with Crippen molar-refractivity contribution in [2.45, 2.75) is 30.5 Å². The maximum atomic E-state index is 13.0. The molecule has 1 atom stereocenters. The van der Waals surface area contributed by atoms with Crippen LogP contribution in [0.5, 0.6) is 5.75 Å². The average molecular weight is 414 g/mol. The number of aliphatic hydroxyl groups is 1. The number of aliphatic hydroxyl groups excluding tert-OH is 1. The molecule has 0 radical (unpaired) electrons. The molecule has 0 saturated heterocycles. The van der Waals surface area contributed by atoms with Gasteiger partial charge in [-0.3, -0.25) is 9.36 Å². The van der Waals surface area contributed by atoms with Gasteiger partial charge in [0, 0.05) is 5.75 Å². The van der Waals surface area contributed by atoms with Crippen LogP contribution in [0.4, 0.5) is 0 Å². The predicted molar refractivity (Wildman–Crippen MR) is 112 cm³/mol. The smallest absolute Gasteiger partial charge is 0.337 e. The van der Waals surface area contributed by atoms with Gasteiger partial charge in [0.1, 0.15) is 5.75 Å². The topological polar surface area (TPSA) is 90.7 Å². The highest BCUT2D eigenvalue weighted by Crippen LogP contribution is 2.25. The summed E-state index contributed by atoms with van der Waals surface area (Å²) in [5.74, 6) is 0.817. The van der Waals surface area contributed by atoms with E-state index in [9.17, 15) is 14.7 Å². The average Bonchev–Trinajstić information content (AvgIpc) is 2.73. The van der Waals surface area contributed by atoms with E-state index in [1.165, 1.54) is 29.5 Å². The van der Waals surface area contributed by atoms with Crippen LogP contribution in [0.15, 0.2) is 52.4 Å². The van der Waals surface area contributed by atoms with Crippen molar-refractivity contribution in [2.75, 3.05) is 14.2 Å². The first-order chi connectivity index (χ1) is 13.9. The van der Waals surface area contributed by atoms with Gasteiger partial charge in [-0.05, 0) is 42.8 Å². The summed E-state index contributed by atoms with van der Waals surface area (Å²) in [6.45, 7) is 1.74. The number of rotatable bonds is 7. The molecule has 0 saturated carbocycles. The Labute approximate surface area is 172 Å². The maximum Gasteiger partial charge on any atom is 0.337 e. The zero-order valence-corrected chi connectivity index (χ0v) is 17.2. The number of methoxy groups -OCH3 is 2. The van der Waals surface area contributed by atoms with Gasteiger partial charge in [0.05, 0.1) is 43.3 Å². The third kappa shape index (κ3) is 4.78. The Kier molecular flexibility index (Phi) is 6.56. The maximum absolute atomic E-state index is 13.0. The van der Waals surface area contributed by atoms with Crippen LogP contribution >= 0.6 is 11.8 Å². The molecule has 1 aromatic heterocycles. The molecule has 3 aromatic rings. The first-order valence-corrected chi connectivity index (χ1v) is 9.98. The van der Waals surface area contributed by atoms with E-state index in [0.29, 0.717) is 27.4 Å². The summed E-state index contributed by atoms with van der Waals surface area (Å²) in [7, 11) is 2.91. The molecular weight excluding hydrogens is 392 g/mol. The second-order valence-electron chi connectivity index (χ2n) is 6.52. The zero-order valence-electron chi connectivity index (χ0n) is 16.4. The van der Waals surface area contributed by atoms with Gasteiger partial charge < -0.3 is 14.6 Å². The lowest BCUT2D eigenvalue weighted by molar-refractivity contribution is 0.0601. The number of fused-ring (bicyclic) bond motifs is 1. The quantitative estimate of drug-likeness (QED) is 0.361. The van der Waals surface area contributed by atoms with Crippen LogP contribution < -0.4 is 10.3 Å². The molecule has 152 valence electrons. The Morgan fingerprint density at radius 1 is 1.24 bits per heavy atom. The summed E-state index contributed by atoms with van der Waals surface area (Å²) in [4.78, 5) is 29.4. The third-order valence-corrected chi connectivity index (χ3v) is 5.34. The van der Waals surface area contributed by atoms with Crippen LogP contribution in [0.3, 0.4) is 0 Å². The van der Waals surface area contributed by atoms with E-state index in [2.05, 4.69) is 4.98 Å². The molecule has 1 heterocycles. The van der Waals surface area contributed by atoms with Crippen molar-refractivity contribution in [2.24, 2.45) is 0 Å². The number of carbonyl (C=O) groups excluding carboxylic acids is 1. The normalized spacial score (nSPS) is 12.0. The van der Waals surface area contributed by atoms with Gasteiger partial charge in [0.15, 0.2) is 5.16 Å². The Bertz CT molecular complexity index is 1090. The molecule has 2 aromatic carbocycles. The molecular formula is C21H22N2O5S. The molecule has 1 N–H and O–H groups in total. The van der Waals surface area contributed by atoms with Gasteiger partial charge in [0.2, 0.25) is 0 Å². The summed E-state index contributed by atoms with van der Waals surface area (Å²) in [6.07, 6.45) is -0.711. The number of thioether (sulfide) groups is 1. The first kappa shape index (κ1) is 20.9. The molecule has 8 heteroatoms. The van der Waals surface area contributed by atoms with E-state index < -0.39 is 12.1 Å². The van der Waals surface area contributed by atoms with E-state index in [-0.39, 0.29) is 12.1 Å². The van der Waals surface area contributed by atoms with Gasteiger partial charge in [-0.25, -0.2) is 9.78 Å². The fourth-order valence-corrected chi connectivity index (χ4v) is 3.84. The second kappa shape index (κ2) is 9.11. The Morgan fingerprint density at radius 2 is 2.03 bits per heavy atom. The van der Waals surface area contributed by atoms with E-state index in [4.69, 9.17) is 9.47 Å². The number of nitrogens with zero attached hydrogens (tertiary/aromatic N) is 2. The van der Waals surface area contributed by atoms with Crippen molar-refractivity contribution in [3.8, 4) is 5.75 Å². The molecule has 0 amide bonds. The SMILES string of the molecule is COC(=O)c1ccc2c(=O)n(C[C@@H](C)O)c(SCc3cccc(OC)c3)nc2c1. The highest BCUT2D eigenvalue weighted by atomic mass is 32.2. The van der Waals surface area contributed by atoms with Crippen molar-refractivity contribution in [3.63, 3.8) is 0 Å². The minimum atomic E-state index is -0.711. The summed E-state index contributed by atoms with van der Waals surface area (Å²) >= 11 is 1.38. The van der Waals surface area contributed by atoms with Crippen LogP contribution in [0, 0.1) is 0 Å². The lowest BCUT2D eigenvalue weighted by Gasteiger charge is -2.15. The van der Waals surface area contributed by atoms with Gasteiger partial charge in [0.25, 0.3) is 5.56 Å². The van der Waals surface area contributed by atoms with Crippen molar-refractivity contribution in [1.82, 2.24) is 9.55 Å². The third-order valence-electron chi connectivity index (χ3n) is 4.29. The molecule has 0 unspecified atom stereocenters. The number of benzene rings is 2. The van der Waals surface area contributed by atoms with Crippen LogP contribution in [0.2, 0.25) is 0 Å². The van der Waals surface area contributed by atoms with Crippen LogP contribution in [0.1, 0.15) is 22.8 Å². The van der Waals surface area contributed by atoms with Gasteiger partial charge in [-0.2, -0.15) is 0 Å².